The van der Waals surface area contributed by atoms with Gasteiger partial charge in [0, 0.05) is 34.8 Å². The van der Waals surface area contributed by atoms with Gasteiger partial charge >= 0.3 is 0 Å². The Morgan fingerprint density at radius 1 is 1.21 bits per heavy atom. The van der Waals surface area contributed by atoms with Gasteiger partial charge in [0.15, 0.2) is 0 Å². The highest BCUT2D eigenvalue weighted by Crippen LogP contribution is 2.41. The lowest BCUT2D eigenvalue weighted by molar-refractivity contribution is 0.832. The van der Waals surface area contributed by atoms with Gasteiger partial charge < -0.3 is 5.32 Å². The molecule has 0 aliphatic carbocycles. The maximum absolute atomic E-state index is 9.13. The number of fused-ring (bicyclic) bond motifs is 1. The van der Waals surface area contributed by atoms with E-state index in [-0.39, 0.29) is 5.92 Å². The summed E-state index contributed by atoms with van der Waals surface area (Å²) >= 11 is 0. The van der Waals surface area contributed by atoms with E-state index >= 15 is 0 Å². The zero-order valence-corrected chi connectivity index (χ0v) is 14.8. The van der Waals surface area contributed by atoms with E-state index in [0.717, 1.165) is 24.1 Å². The first kappa shape index (κ1) is 16.3. The molecule has 1 aliphatic rings. The number of hydrogen-bond donors (Lipinski definition) is 1. The summed E-state index contributed by atoms with van der Waals surface area (Å²) in [4.78, 5) is 4.72. The Morgan fingerprint density at radius 3 is 2.67 bits per heavy atom. The van der Waals surface area contributed by atoms with Crippen molar-refractivity contribution < 1.29 is 0 Å². The second-order valence-electron chi connectivity index (χ2n) is 6.56. The first-order valence-corrected chi connectivity index (χ1v) is 8.49. The predicted molar refractivity (Wildman–Crippen MR) is 98.1 cm³/mol. The van der Waals surface area contributed by atoms with Crippen molar-refractivity contribution in [3.63, 3.8) is 0 Å². The van der Waals surface area contributed by atoms with Crippen molar-refractivity contribution in [2.24, 2.45) is 0 Å². The molecule has 1 N–H and O–H groups in total. The SMILES string of the molecule is CCCc1ncc(C)c2c1C(c1ccc(C#N)cc1C)C=C(C)N2. The lowest BCUT2D eigenvalue weighted by atomic mass is 9.82. The van der Waals surface area contributed by atoms with Gasteiger partial charge in [-0.15, -0.1) is 0 Å². The van der Waals surface area contributed by atoms with Gasteiger partial charge in [-0.3, -0.25) is 4.98 Å². The van der Waals surface area contributed by atoms with Crippen LogP contribution in [0.1, 0.15) is 59.7 Å². The molecule has 0 fully saturated rings. The first-order valence-electron chi connectivity index (χ1n) is 8.49. The molecule has 2 heterocycles. The number of allylic oxidation sites excluding steroid dienone is 2. The van der Waals surface area contributed by atoms with Crippen LogP contribution in [-0.2, 0) is 6.42 Å². The zero-order chi connectivity index (χ0) is 17.3. The van der Waals surface area contributed by atoms with E-state index in [4.69, 9.17) is 10.2 Å². The topological polar surface area (TPSA) is 48.7 Å². The normalized spacial score (nSPS) is 16.0. The fourth-order valence-electron chi connectivity index (χ4n) is 3.51. The molecular weight excluding hydrogens is 294 g/mol. The number of nitrogens with zero attached hydrogens (tertiary/aromatic N) is 2. The summed E-state index contributed by atoms with van der Waals surface area (Å²) in [6.45, 7) is 8.49. The molecular formula is C21H23N3. The van der Waals surface area contributed by atoms with Crippen LogP contribution in [0.4, 0.5) is 5.69 Å². The van der Waals surface area contributed by atoms with E-state index in [1.807, 2.05) is 18.3 Å². The number of anilines is 1. The lowest BCUT2D eigenvalue weighted by Crippen LogP contribution is -2.17. The summed E-state index contributed by atoms with van der Waals surface area (Å²) in [5.74, 6) is 0.183. The molecule has 1 unspecified atom stereocenters. The van der Waals surface area contributed by atoms with Crippen LogP contribution in [0, 0.1) is 25.2 Å². The molecule has 2 aromatic rings. The second kappa shape index (κ2) is 6.49. The average Bonchev–Trinajstić information content (AvgIpc) is 2.57. The minimum Gasteiger partial charge on any atom is -0.359 e. The molecule has 3 heteroatoms. The minimum atomic E-state index is 0.183. The number of hydrogen-bond acceptors (Lipinski definition) is 3. The van der Waals surface area contributed by atoms with Gasteiger partial charge in [0.25, 0.3) is 0 Å². The Labute approximate surface area is 144 Å². The molecule has 1 atom stereocenters. The number of aryl methyl sites for hydroxylation is 3. The van der Waals surface area contributed by atoms with Gasteiger partial charge in [0.2, 0.25) is 0 Å². The number of benzene rings is 1. The quantitative estimate of drug-likeness (QED) is 0.868. The zero-order valence-electron chi connectivity index (χ0n) is 14.8. The van der Waals surface area contributed by atoms with Gasteiger partial charge in [0.1, 0.15) is 0 Å². The highest BCUT2D eigenvalue weighted by atomic mass is 14.9. The van der Waals surface area contributed by atoms with Crippen LogP contribution < -0.4 is 5.32 Å². The van der Waals surface area contributed by atoms with Crippen LogP contribution in [0.5, 0.6) is 0 Å². The fourth-order valence-corrected chi connectivity index (χ4v) is 3.51. The summed E-state index contributed by atoms with van der Waals surface area (Å²) in [6, 6.07) is 8.21. The third kappa shape index (κ3) is 2.80. The highest BCUT2D eigenvalue weighted by Gasteiger charge is 2.26. The van der Waals surface area contributed by atoms with E-state index < -0.39 is 0 Å². The predicted octanol–water partition coefficient (Wildman–Crippen LogP) is 4.98. The van der Waals surface area contributed by atoms with Crippen molar-refractivity contribution in [1.82, 2.24) is 4.98 Å². The van der Waals surface area contributed by atoms with Gasteiger partial charge in [0.05, 0.1) is 11.6 Å². The van der Waals surface area contributed by atoms with Crippen LogP contribution in [0.15, 0.2) is 36.2 Å². The van der Waals surface area contributed by atoms with Crippen molar-refractivity contribution in [1.29, 1.82) is 5.26 Å². The number of rotatable bonds is 3. The van der Waals surface area contributed by atoms with Crippen molar-refractivity contribution >= 4 is 5.69 Å². The summed E-state index contributed by atoms with van der Waals surface area (Å²) in [5.41, 5.74) is 9.10. The molecule has 24 heavy (non-hydrogen) atoms. The van der Waals surface area contributed by atoms with E-state index in [1.165, 1.54) is 28.1 Å². The molecule has 0 radical (unpaired) electrons. The Hall–Kier alpha value is -2.60. The van der Waals surface area contributed by atoms with Crippen LogP contribution in [0.25, 0.3) is 0 Å². The van der Waals surface area contributed by atoms with Crippen LogP contribution >= 0.6 is 0 Å². The van der Waals surface area contributed by atoms with Crippen molar-refractivity contribution in [3.05, 3.63) is 69.7 Å². The van der Waals surface area contributed by atoms with Gasteiger partial charge in [-0.2, -0.15) is 5.26 Å². The molecule has 0 spiro atoms. The molecule has 3 nitrogen and oxygen atoms in total. The molecule has 3 rings (SSSR count). The standard InChI is InChI=1S/C21H23N3/c1-5-6-19-20-18(17-8-7-16(11-22)9-13(17)2)10-15(4)24-21(20)14(3)12-23-19/h7-10,12,18,24H,5-6H2,1-4H3. The minimum absolute atomic E-state index is 0.183. The van der Waals surface area contributed by atoms with Crippen molar-refractivity contribution in [3.8, 4) is 6.07 Å². The molecule has 0 saturated heterocycles. The third-order valence-corrected chi connectivity index (χ3v) is 4.66. The summed E-state index contributed by atoms with van der Waals surface area (Å²) in [6.07, 6.45) is 6.29. The average molecular weight is 317 g/mol. The van der Waals surface area contributed by atoms with Crippen molar-refractivity contribution in [2.45, 2.75) is 46.5 Å². The lowest BCUT2D eigenvalue weighted by Gasteiger charge is -2.29. The molecule has 0 amide bonds. The molecule has 1 aliphatic heterocycles. The maximum atomic E-state index is 9.13. The monoisotopic (exact) mass is 317 g/mol. The van der Waals surface area contributed by atoms with Crippen LogP contribution in [0.3, 0.4) is 0 Å². The Morgan fingerprint density at radius 2 is 2.00 bits per heavy atom. The van der Waals surface area contributed by atoms with Crippen molar-refractivity contribution in [2.75, 3.05) is 5.32 Å². The van der Waals surface area contributed by atoms with Gasteiger partial charge in [-0.25, -0.2) is 0 Å². The number of aromatic nitrogens is 1. The third-order valence-electron chi connectivity index (χ3n) is 4.66. The molecule has 0 saturated carbocycles. The molecule has 1 aromatic heterocycles. The molecule has 1 aromatic carbocycles. The van der Waals surface area contributed by atoms with E-state index in [1.54, 1.807) is 0 Å². The number of pyridine rings is 1. The highest BCUT2D eigenvalue weighted by molar-refractivity contribution is 5.68. The van der Waals surface area contributed by atoms with E-state index in [0.29, 0.717) is 5.56 Å². The first-order chi connectivity index (χ1) is 11.5. The number of nitriles is 1. The number of nitrogens with one attached hydrogen (secondary N) is 1. The Balaban J connectivity index is 2.21. The summed E-state index contributed by atoms with van der Waals surface area (Å²) < 4.78 is 0. The smallest absolute Gasteiger partial charge is 0.0991 e. The largest absolute Gasteiger partial charge is 0.359 e. The van der Waals surface area contributed by atoms with E-state index in [9.17, 15) is 0 Å². The van der Waals surface area contributed by atoms with Gasteiger partial charge in [-0.1, -0.05) is 25.5 Å². The maximum Gasteiger partial charge on any atom is 0.0991 e. The van der Waals surface area contributed by atoms with Gasteiger partial charge in [-0.05, 0) is 56.0 Å². The molecule has 0 bridgehead atoms. The fraction of sp³-hybridized carbons (Fsp3) is 0.333. The summed E-state index contributed by atoms with van der Waals surface area (Å²) in [7, 11) is 0. The van der Waals surface area contributed by atoms with Crippen LogP contribution in [-0.4, -0.2) is 4.98 Å². The second-order valence-corrected chi connectivity index (χ2v) is 6.56. The Bertz CT molecular complexity index is 856. The van der Waals surface area contributed by atoms with Crippen LogP contribution in [0.2, 0.25) is 0 Å². The Kier molecular flexibility index (Phi) is 4.40. The van der Waals surface area contributed by atoms with E-state index in [2.05, 4.69) is 51.2 Å². The molecule has 122 valence electrons. The summed E-state index contributed by atoms with van der Waals surface area (Å²) in [5, 5.41) is 12.7.